The van der Waals surface area contributed by atoms with Crippen molar-refractivity contribution in [2.45, 2.75) is 25.8 Å². The van der Waals surface area contributed by atoms with Gasteiger partial charge in [0.2, 0.25) is 0 Å². The van der Waals surface area contributed by atoms with Crippen LogP contribution >= 0.6 is 0 Å². The third-order valence-corrected chi connectivity index (χ3v) is 2.33. The second-order valence-corrected chi connectivity index (χ2v) is 3.49. The third-order valence-electron chi connectivity index (χ3n) is 2.33. The van der Waals surface area contributed by atoms with Crippen molar-refractivity contribution in [3.05, 3.63) is 18.0 Å². The first-order chi connectivity index (χ1) is 5.90. The van der Waals surface area contributed by atoms with Crippen LogP contribution in [0.5, 0.6) is 0 Å². The molecule has 2 rings (SSSR count). The maximum Gasteiger partial charge on any atom is 0.0492 e. The van der Waals surface area contributed by atoms with Crippen molar-refractivity contribution in [3.8, 4) is 0 Å². The first-order valence-electron chi connectivity index (χ1n) is 4.61. The number of nitrogens with two attached hydrogens (primary N) is 1. The maximum absolute atomic E-state index is 5.49. The topological polar surface area (TPSA) is 43.8 Å². The summed E-state index contributed by atoms with van der Waals surface area (Å²) in [5.74, 6) is 0.890. The van der Waals surface area contributed by atoms with Gasteiger partial charge in [-0.25, -0.2) is 0 Å². The number of hydrogen-bond donors (Lipinski definition) is 1. The summed E-state index contributed by atoms with van der Waals surface area (Å²) in [4.78, 5) is 0. The quantitative estimate of drug-likeness (QED) is 0.717. The number of hydrogen-bond acceptors (Lipinski definition) is 2. The second-order valence-electron chi connectivity index (χ2n) is 3.49. The zero-order chi connectivity index (χ0) is 8.39. The molecule has 1 aliphatic rings. The van der Waals surface area contributed by atoms with E-state index < -0.39 is 0 Å². The molecule has 66 valence electrons. The molecule has 1 aliphatic carbocycles. The highest BCUT2D eigenvalue weighted by Gasteiger charge is 2.22. The third kappa shape index (κ3) is 1.67. The van der Waals surface area contributed by atoms with Gasteiger partial charge in [0.1, 0.15) is 0 Å². The summed E-state index contributed by atoms with van der Waals surface area (Å²) in [5, 5.41) is 4.28. The Kier molecular flexibility index (Phi) is 2.13. The lowest BCUT2D eigenvalue weighted by Gasteiger charge is -2.04. The molecule has 0 saturated heterocycles. The molecule has 3 nitrogen and oxygen atoms in total. The molecular formula is C9H15N3. The standard InChI is InChI=1S/C9H15N3/c10-5-3-9-4-6-11-12(9)7-8-1-2-8/h4,6,8H,1-3,5,7,10H2. The minimum Gasteiger partial charge on any atom is -0.330 e. The number of rotatable bonds is 4. The molecule has 12 heavy (non-hydrogen) atoms. The highest BCUT2D eigenvalue weighted by molar-refractivity contribution is 5.01. The zero-order valence-electron chi connectivity index (χ0n) is 7.24. The van der Waals surface area contributed by atoms with Crippen molar-refractivity contribution in [2.24, 2.45) is 11.7 Å². The molecule has 0 aliphatic heterocycles. The Morgan fingerprint density at radius 2 is 2.42 bits per heavy atom. The van der Waals surface area contributed by atoms with Gasteiger partial charge in [-0.15, -0.1) is 0 Å². The molecular weight excluding hydrogens is 150 g/mol. The molecule has 0 atom stereocenters. The summed E-state index contributed by atoms with van der Waals surface area (Å²) in [6, 6.07) is 2.06. The Hall–Kier alpha value is -0.830. The van der Waals surface area contributed by atoms with E-state index in [2.05, 4.69) is 15.8 Å². The van der Waals surface area contributed by atoms with Gasteiger partial charge in [0, 0.05) is 24.9 Å². The summed E-state index contributed by atoms with van der Waals surface area (Å²) < 4.78 is 2.10. The van der Waals surface area contributed by atoms with Gasteiger partial charge in [-0.2, -0.15) is 5.10 Å². The van der Waals surface area contributed by atoms with E-state index in [1.54, 1.807) is 0 Å². The lowest BCUT2D eigenvalue weighted by atomic mass is 10.3. The zero-order valence-corrected chi connectivity index (χ0v) is 7.24. The Morgan fingerprint density at radius 1 is 1.58 bits per heavy atom. The molecule has 1 aromatic rings. The van der Waals surface area contributed by atoms with Crippen LogP contribution in [-0.4, -0.2) is 16.3 Å². The van der Waals surface area contributed by atoms with Crippen molar-refractivity contribution in [1.29, 1.82) is 0 Å². The van der Waals surface area contributed by atoms with Gasteiger partial charge in [-0.1, -0.05) is 0 Å². The fraction of sp³-hybridized carbons (Fsp3) is 0.667. The Morgan fingerprint density at radius 3 is 3.08 bits per heavy atom. The maximum atomic E-state index is 5.49. The lowest BCUT2D eigenvalue weighted by Crippen LogP contribution is -2.11. The van der Waals surface area contributed by atoms with E-state index in [0.29, 0.717) is 0 Å². The highest BCUT2D eigenvalue weighted by atomic mass is 15.3. The Labute approximate surface area is 72.6 Å². The van der Waals surface area contributed by atoms with Gasteiger partial charge >= 0.3 is 0 Å². The van der Waals surface area contributed by atoms with Gasteiger partial charge < -0.3 is 5.73 Å². The summed E-state index contributed by atoms with van der Waals surface area (Å²) in [6.07, 6.45) is 5.57. The molecule has 0 amide bonds. The molecule has 1 heterocycles. The normalized spacial score (nSPS) is 16.8. The first kappa shape index (κ1) is 7.80. The van der Waals surface area contributed by atoms with Crippen LogP contribution in [0.3, 0.4) is 0 Å². The summed E-state index contributed by atoms with van der Waals surface area (Å²) in [6.45, 7) is 1.82. The van der Waals surface area contributed by atoms with Crippen molar-refractivity contribution in [1.82, 2.24) is 9.78 Å². The number of nitrogens with zero attached hydrogens (tertiary/aromatic N) is 2. The SMILES string of the molecule is NCCc1ccnn1CC1CC1. The summed E-state index contributed by atoms with van der Waals surface area (Å²) >= 11 is 0. The predicted molar refractivity (Wildman–Crippen MR) is 47.7 cm³/mol. The molecule has 1 aromatic heterocycles. The van der Waals surface area contributed by atoms with Crippen molar-refractivity contribution in [3.63, 3.8) is 0 Å². The summed E-state index contributed by atoms with van der Waals surface area (Å²) in [5.41, 5.74) is 6.78. The summed E-state index contributed by atoms with van der Waals surface area (Å²) in [7, 11) is 0. The van der Waals surface area contributed by atoms with Gasteiger partial charge in [0.05, 0.1) is 0 Å². The minimum absolute atomic E-state index is 0.719. The number of aromatic nitrogens is 2. The van der Waals surface area contributed by atoms with E-state index in [4.69, 9.17) is 5.73 Å². The van der Waals surface area contributed by atoms with Crippen LogP contribution in [0.15, 0.2) is 12.3 Å². The molecule has 2 N–H and O–H groups in total. The molecule has 0 aromatic carbocycles. The van der Waals surface area contributed by atoms with Crippen LogP contribution in [0.25, 0.3) is 0 Å². The van der Waals surface area contributed by atoms with Gasteiger partial charge in [0.25, 0.3) is 0 Å². The van der Waals surface area contributed by atoms with Crippen molar-refractivity contribution >= 4 is 0 Å². The average molecular weight is 165 g/mol. The van der Waals surface area contributed by atoms with Crippen LogP contribution in [0.1, 0.15) is 18.5 Å². The van der Waals surface area contributed by atoms with E-state index in [-0.39, 0.29) is 0 Å². The molecule has 0 unspecified atom stereocenters. The molecule has 1 fully saturated rings. The van der Waals surface area contributed by atoms with Crippen LogP contribution in [0.4, 0.5) is 0 Å². The Bertz CT molecular complexity index is 250. The van der Waals surface area contributed by atoms with E-state index in [9.17, 15) is 0 Å². The Balaban J connectivity index is 2.01. The molecule has 0 spiro atoms. The van der Waals surface area contributed by atoms with Gasteiger partial charge in [-0.05, 0) is 31.4 Å². The van der Waals surface area contributed by atoms with Crippen LogP contribution in [0, 0.1) is 5.92 Å². The largest absolute Gasteiger partial charge is 0.330 e. The van der Waals surface area contributed by atoms with E-state index >= 15 is 0 Å². The fourth-order valence-electron chi connectivity index (χ4n) is 1.43. The van der Waals surface area contributed by atoms with E-state index in [0.717, 1.165) is 25.4 Å². The van der Waals surface area contributed by atoms with Crippen LogP contribution in [-0.2, 0) is 13.0 Å². The molecule has 0 radical (unpaired) electrons. The highest BCUT2D eigenvalue weighted by Crippen LogP contribution is 2.30. The lowest BCUT2D eigenvalue weighted by molar-refractivity contribution is 0.539. The average Bonchev–Trinajstić information content (AvgIpc) is 2.76. The van der Waals surface area contributed by atoms with E-state index in [1.807, 2.05) is 6.20 Å². The fourth-order valence-corrected chi connectivity index (χ4v) is 1.43. The molecule has 1 saturated carbocycles. The van der Waals surface area contributed by atoms with E-state index in [1.165, 1.54) is 18.5 Å². The monoisotopic (exact) mass is 165 g/mol. The predicted octanol–water partition coefficient (Wildman–Crippen LogP) is 0.794. The van der Waals surface area contributed by atoms with Gasteiger partial charge in [0.15, 0.2) is 0 Å². The minimum atomic E-state index is 0.719. The van der Waals surface area contributed by atoms with Gasteiger partial charge in [-0.3, -0.25) is 4.68 Å². The molecule has 3 heteroatoms. The van der Waals surface area contributed by atoms with Crippen molar-refractivity contribution in [2.75, 3.05) is 6.54 Å². The molecule has 0 bridgehead atoms. The first-order valence-corrected chi connectivity index (χ1v) is 4.61. The van der Waals surface area contributed by atoms with Crippen molar-refractivity contribution < 1.29 is 0 Å². The second kappa shape index (κ2) is 3.27. The van der Waals surface area contributed by atoms with Crippen LogP contribution < -0.4 is 5.73 Å². The van der Waals surface area contributed by atoms with Crippen LogP contribution in [0.2, 0.25) is 0 Å². The smallest absolute Gasteiger partial charge is 0.0492 e.